The maximum absolute atomic E-state index is 4.61. The lowest BCUT2D eigenvalue weighted by atomic mass is 9.94. The Balaban J connectivity index is 2.60. The molecular formula is C16H23N3. The molecule has 0 atom stereocenters. The van der Waals surface area contributed by atoms with Gasteiger partial charge >= 0.3 is 0 Å². The van der Waals surface area contributed by atoms with Crippen LogP contribution >= 0.6 is 0 Å². The lowest BCUT2D eigenvalue weighted by molar-refractivity contribution is 0.713. The zero-order chi connectivity index (χ0) is 14.0. The topological polar surface area (TPSA) is 29.9 Å². The predicted molar refractivity (Wildman–Crippen MR) is 80.2 cm³/mol. The van der Waals surface area contributed by atoms with E-state index in [0.29, 0.717) is 5.92 Å². The molecule has 0 aliphatic carbocycles. The van der Waals surface area contributed by atoms with Gasteiger partial charge in [0.05, 0.1) is 5.69 Å². The third-order valence-electron chi connectivity index (χ3n) is 3.33. The van der Waals surface area contributed by atoms with Gasteiger partial charge in [-0.25, -0.2) is 0 Å². The molecule has 0 aliphatic heterocycles. The fraction of sp³-hybridized carbons (Fsp3) is 0.438. The number of hydrogen-bond donors (Lipinski definition) is 1. The first-order valence-electron chi connectivity index (χ1n) is 6.81. The van der Waals surface area contributed by atoms with Crippen molar-refractivity contribution in [1.82, 2.24) is 15.1 Å². The minimum absolute atomic E-state index is 0.430. The van der Waals surface area contributed by atoms with E-state index in [4.69, 9.17) is 0 Å². The summed E-state index contributed by atoms with van der Waals surface area (Å²) in [6.07, 6.45) is 2.13. The van der Waals surface area contributed by atoms with Gasteiger partial charge in [-0.3, -0.25) is 4.68 Å². The van der Waals surface area contributed by atoms with Crippen molar-refractivity contribution in [3.63, 3.8) is 0 Å². The highest BCUT2D eigenvalue weighted by molar-refractivity contribution is 5.70. The molecule has 19 heavy (non-hydrogen) atoms. The smallest absolute Gasteiger partial charge is 0.0728 e. The predicted octanol–water partition coefficient (Wildman–Crippen LogP) is 3.24. The van der Waals surface area contributed by atoms with E-state index >= 15 is 0 Å². The monoisotopic (exact) mass is 257 g/mol. The van der Waals surface area contributed by atoms with Gasteiger partial charge in [-0.15, -0.1) is 0 Å². The van der Waals surface area contributed by atoms with E-state index in [1.54, 1.807) is 0 Å². The van der Waals surface area contributed by atoms with Crippen molar-refractivity contribution in [3.8, 4) is 11.1 Å². The van der Waals surface area contributed by atoms with Gasteiger partial charge in [-0.05, 0) is 31.0 Å². The van der Waals surface area contributed by atoms with Gasteiger partial charge in [0.15, 0.2) is 0 Å². The molecule has 3 heteroatoms. The summed E-state index contributed by atoms with van der Waals surface area (Å²) in [7, 11) is 3.97. The molecule has 0 bridgehead atoms. The van der Waals surface area contributed by atoms with Crippen LogP contribution in [0.15, 0.2) is 24.4 Å². The van der Waals surface area contributed by atoms with Crippen LogP contribution in [-0.4, -0.2) is 16.8 Å². The van der Waals surface area contributed by atoms with Crippen LogP contribution in [0.3, 0.4) is 0 Å². The molecule has 102 valence electrons. The lowest BCUT2D eigenvalue weighted by Crippen LogP contribution is -2.07. The SMILES string of the molecule is CNCc1ccc(C)cc1-c1cn(C)nc1C(C)C. The van der Waals surface area contributed by atoms with Gasteiger partial charge in [0.2, 0.25) is 0 Å². The molecule has 2 rings (SSSR count). The second-order valence-corrected chi connectivity index (χ2v) is 5.45. The summed E-state index contributed by atoms with van der Waals surface area (Å²) in [5.74, 6) is 0.430. The van der Waals surface area contributed by atoms with Crippen molar-refractivity contribution in [2.75, 3.05) is 7.05 Å². The molecule has 1 heterocycles. The third-order valence-corrected chi connectivity index (χ3v) is 3.33. The highest BCUT2D eigenvalue weighted by Gasteiger charge is 2.15. The molecule has 0 amide bonds. The molecular weight excluding hydrogens is 234 g/mol. The number of nitrogens with zero attached hydrogens (tertiary/aromatic N) is 2. The quantitative estimate of drug-likeness (QED) is 0.911. The number of aromatic nitrogens is 2. The van der Waals surface area contributed by atoms with Gasteiger partial charge in [-0.1, -0.05) is 37.6 Å². The molecule has 1 aromatic heterocycles. The van der Waals surface area contributed by atoms with E-state index in [1.807, 2.05) is 18.8 Å². The van der Waals surface area contributed by atoms with Crippen LogP contribution in [0, 0.1) is 6.92 Å². The fourth-order valence-electron chi connectivity index (χ4n) is 2.43. The van der Waals surface area contributed by atoms with Crippen LogP contribution in [0.4, 0.5) is 0 Å². The average Bonchev–Trinajstić information content (AvgIpc) is 2.74. The number of hydrogen-bond acceptors (Lipinski definition) is 2. The van der Waals surface area contributed by atoms with Gasteiger partial charge in [0.25, 0.3) is 0 Å². The summed E-state index contributed by atoms with van der Waals surface area (Å²) in [5, 5.41) is 7.86. The zero-order valence-corrected chi connectivity index (χ0v) is 12.5. The molecule has 0 aliphatic rings. The average molecular weight is 257 g/mol. The van der Waals surface area contributed by atoms with Crippen molar-refractivity contribution in [2.24, 2.45) is 7.05 Å². The van der Waals surface area contributed by atoms with E-state index < -0.39 is 0 Å². The Labute approximate surface area is 115 Å². The molecule has 0 spiro atoms. The minimum Gasteiger partial charge on any atom is -0.316 e. The zero-order valence-electron chi connectivity index (χ0n) is 12.5. The van der Waals surface area contributed by atoms with Crippen LogP contribution < -0.4 is 5.32 Å². The number of aryl methyl sites for hydroxylation is 2. The van der Waals surface area contributed by atoms with E-state index in [2.05, 4.69) is 55.6 Å². The lowest BCUT2D eigenvalue weighted by Gasteiger charge is -2.12. The van der Waals surface area contributed by atoms with Crippen LogP contribution in [0.1, 0.15) is 36.6 Å². The Morgan fingerprint density at radius 1 is 1.26 bits per heavy atom. The molecule has 0 saturated carbocycles. The Bertz CT molecular complexity index is 567. The molecule has 0 saturated heterocycles. The maximum Gasteiger partial charge on any atom is 0.0728 e. The summed E-state index contributed by atoms with van der Waals surface area (Å²) in [5.41, 5.74) is 6.33. The van der Waals surface area contributed by atoms with Gasteiger partial charge in [0, 0.05) is 25.4 Å². The number of nitrogens with one attached hydrogen (secondary N) is 1. The Morgan fingerprint density at radius 3 is 2.63 bits per heavy atom. The standard InChI is InChI=1S/C16H23N3/c1-11(2)16-15(10-19(5)18-16)14-8-12(3)6-7-13(14)9-17-4/h6-8,10-11,17H,9H2,1-5H3. The van der Waals surface area contributed by atoms with E-state index in [-0.39, 0.29) is 0 Å². The highest BCUT2D eigenvalue weighted by atomic mass is 15.3. The van der Waals surface area contributed by atoms with Gasteiger partial charge in [0.1, 0.15) is 0 Å². The fourth-order valence-corrected chi connectivity index (χ4v) is 2.43. The molecule has 3 nitrogen and oxygen atoms in total. The van der Waals surface area contributed by atoms with Crippen LogP contribution in [0.2, 0.25) is 0 Å². The summed E-state index contributed by atoms with van der Waals surface area (Å²) in [6, 6.07) is 6.63. The van der Waals surface area contributed by atoms with Crippen molar-refractivity contribution in [3.05, 3.63) is 41.2 Å². The second-order valence-electron chi connectivity index (χ2n) is 5.45. The van der Waals surface area contributed by atoms with E-state index in [0.717, 1.165) is 6.54 Å². The minimum atomic E-state index is 0.430. The summed E-state index contributed by atoms with van der Waals surface area (Å²) in [6.45, 7) is 7.40. The van der Waals surface area contributed by atoms with Gasteiger partial charge in [-0.2, -0.15) is 5.10 Å². The molecule has 2 aromatic rings. The molecule has 1 aromatic carbocycles. The third kappa shape index (κ3) is 2.87. The molecule has 0 unspecified atom stereocenters. The first kappa shape index (κ1) is 13.8. The van der Waals surface area contributed by atoms with Crippen LogP contribution in [0.5, 0.6) is 0 Å². The Morgan fingerprint density at radius 2 is 2.00 bits per heavy atom. The number of rotatable bonds is 4. The van der Waals surface area contributed by atoms with Gasteiger partial charge < -0.3 is 5.32 Å². The van der Waals surface area contributed by atoms with Crippen molar-refractivity contribution in [1.29, 1.82) is 0 Å². The molecule has 0 radical (unpaired) electrons. The van der Waals surface area contributed by atoms with Crippen LogP contribution in [0.25, 0.3) is 11.1 Å². The summed E-state index contributed by atoms with van der Waals surface area (Å²) in [4.78, 5) is 0. The summed E-state index contributed by atoms with van der Waals surface area (Å²) < 4.78 is 1.91. The van der Waals surface area contributed by atoms with E-state index in [1.165, 1.54) is 27.9 Å². The normalized spacial score (nSPS) is 11.3. The first-order valence-corrected chi connectivity index (χ1v) is 6.81. The Hall–Kier alpha value is -1.61. The van der Waals surface area contributed by atoms with Crippen molar-refractivity contribution in [2.45, 2.75) is 33.2 Å². The van der Waals surface area contributed by atoms with E-state index in [9.17, 15) is 0 Å². The molecule has 0 fully saturated rings. The molecule has 1 N–H and O–H groups in total. The maximum atomic E-state index is 4.61. The van der Waals surface area contributed by atoms with Crippen molar-refractivity contribution >= 4 is 0 Å². The Kier molecular flexibility index (Phi) is 4.05. The highest BCUT2D eigenvalue weighted by Crippen LogP contribution is 2.31. The second kappa shape index (κ2) is 5.57. The van der Waals surface area contributed by atoms with Crippen LogP contribution in [-0.2, 0) is 13.6 Å². The summed E-state index contributed by atoms with van der Waals surface area (Å²) >= 11 is 0. The first-order chi connectivity index (χ1) is 9.02. The number of benzene rings is 1. The van der Waals surface area contributed by atoms with Crippen molar-refractivity contribution < 1.29 is 0 Å². The largest absolute Gasteiger partial charge is 0.316 e.